The number of fused-ring (bicyclic) bond motifs is 1. The maximum atomic E-state index is 12.4. The molecule has 0 radical (unpaired) electrons. The molecule has 2 aromatic rings. The summed E-state index contributed by atoms with van der Waals surface area (Å²) in [5, 5.41) is 6.29. The van der Waals surface area contributed by atoms with Crippen LogP contribution in [0.5, 0.6) is 11.5 Å². The summed E-state index contributed by atoms with van der Waals surface area (Å²) in [5.74, 6) is 2.16. The molecule has 1 aliphatic rings. The van der Waals surface area contributed by atoms with E-state index in [1.165, 1.54) is 11.1 Å². The smallest absolute Gasteiger partial charge is 0.238 e. The highest BCUT2D eigenvalue weighted by molar-refractivity contribution is 5.92. The van der Waals surface area contributed by atoms with Crippen LogP contribution in [-0.2, 0) is 4.79 Å². The van der Waals surface area contributed by atoms with Crippen molar-refractivity contribution in [2.75, 3.05) is 18.7 Å². The largest absolute Gasteiger partial charge is 0.454 e. The van der Waals surface area contributed by atoms with Gasteiger partial charge < -0.3 is 20.1 Å². The Kier molecular flexibility index (Phi) is 6.01. The van der Waals surface area contributed by atoms with Crippen LogP contribution in [0.15, 0.2) is 42.5 Å². The molecular weight excluding hydrogens is 340 g/mol. The maximum Gasteiger partial charge on any atom is 0.238 e. The number of carbonyl (C=O) groups is 1. The molecule has 0 spiro atoms. The fourth-order valence-corrected chi connectivity index (χ4v) is 3.21. The molecular formula is C22H28N2O3. The summed E-state index contributed by atoms with van der Waals surface area (Å²) in [6.45, 7) is 9.15. The van der Waals surface area contributed by atoms with Crippen molar-refractivity contribution in [3.05, 3.63) is 53.6 Å². The van der Waals surface area contributed by atoms with E-state index in [1.54, 1.807) is 12.1 Å². The highest BCUT2D eigenvalue weighted by atomic mass is 16.7. The first-order valence-corrected chi connectivity index (χ1v) is 9.46. The summed E-state index contributed by atoms with van der Waals surface area (Å²) in [6, 6.07) is 14.2. The second-order valence-corrected chi connectivity index (χ2v) is 7.54. The fourth-order valence-electron chi connectivity index (χ4n) is 3.21. The number of rotatable bonds is 7. The van der Waals surface area contributed by atoms with Crippen LogP contribution in [0.25, 0.3) is 0 Å². The minimum Gasteiger partial charge on any atom is -0.454 e. The van der Waals surface area contributed by atoms with Gasteiger partial charge >= 0.3 is 0 Å². The van der Waals surface area contributed by atoms with Crippen LogP contribution in [0.1, 0.15) is 50.8 Å². The van der Waals surface area contributed by atoms with Crippen LogP contribution in [0.2, 0.25) is 0 Å². The van der Waals surface area contributed by atoms with Crippen molar-refractivity contribution in [2.24, 2.45) is 5.92 Å². The molecule has 5 nitrogen and oxygen atoms in total. The lowest BCUT2D eigenvalue weighted by Gasteiger charge is -2.23. The minimum atomic E-state index is -0.0849. The standard InChI is InChI=1S/C22H28N2O3/c1-14(2)16-5-7-17(8-6-16)22(15(3)4)23-12-21(25)24-18-9-10-19-20(11-18)27-13-26-19/h5-11,14-15,22-23H,12-13H2,1-4H3,(H,24,25)/t22-/m0/s1. The Labute approximate surface area is 161 Å². The van der Waals surface area contributed by atoms with Gasteiger partial charge in [0.2, 0.25) is 12.7 Å². The first-order chi connectivity index (χ1) is 12.9. The maximum absolute atomic E-state index is 12.4. The molecule has 5 heteroatoms. The molecule has 0 saturated heterocycles. The fraction of sp³-hybridized carbons (Fsp3) is 0.409. The Morgan fingerprint density at radius 2 is 1.63 bits per heavy atom. The third kappa shape index (κ3) is 4.80. The van der Waals surface area contributed by atoms with Gasteiger partial charge in [0.15, 0.2) is 11.5 Å². The van der Waals surface area contributed by atoms with E-state index in [0.29, 0.717) is 29.0 Å². The molecule has 2 aromatic carbocycles. The first-order valence-electron chi connectivity index (χ1n) is 9.46. The lowest BCUT2D eigenvalue weighted by molar-refractivity contribution is -0.115. The van der Waals surface area contributed by atoms with E-state index in [9.17, 15) is 4.79 Å². The summed E-state index contributed by atoms with van der Waals surface area (Å²) in [4.78, 5) is 12.4. The third-order valence-corrected chi connectivity index (χ3v) is 4.77. The Morgan fingerprint density at radius 1 is 0.963 bits per heavy atom. The highest BCUT2D eigenvalue weighted by Crippen LogP contribution is 2.34. The van der Waals surface area contributed by atoms with Crippen LogP contribution in [0, 0.1) is 5.92 Å². The Morgan fingerprint density at radius 3 is 2.30 bits per heavy atom. The summed E-state index contributed by atoms with van der Waals surface area (Å²) in [7, 11) is 0. The van der Waals surface area contributed by atoms with Crippen molar-refractivity contribution in [3.63, 3.8) is 0 Å². The summed E-state index contributed by atoms with van der Waals surface area (Å²) in [6.07, 6.45) is 0. The van der Waals surface area contributed by atoms with Crippen LogP contribution in [0.4, 0.5) is 5.69 Å². The first kappa shape index (κ1) is 19.2. The lowest BCUT2D eigenvalue weighted by Crippen LogP contribution is -2.33. The van der Waals surface area contributed by atoms with Crippen LogP contribution < -0.4 is 20.1 Å². The number of carbonyl (C=O) groups excluding carboxylic acids is 1. The molecule has 144 valence electrons. The second kappa shape index (κ2) is 8.44. The van der Waals surface area contributed by atoms with Gasteiger partial charge in [-0.15, -0.1) is 0 Å². The molecule has 1 heterocycles. The van der Waals surface area contributed by atoms with Gasteiger partial charge in [-0.25, -0.2) is 0 Å². The van der Waals surface area contributed by atoms with E-state index < -0.39 is 0 Å². The number of hydrogen-bond acceptors (Lipinski definition) is 4. The van der Waals surface area contributed by atoms with Crippen molar-refractivity contribution in [1.29, 1.82) is 0 Å². The average molecular weight is 368 g/mol. The van der Waals surface area contributed by atoms with Gasteiger partial charge in [-0.3, -0.25) is 4.79 Å². The molecule has 0 saturated carbocycles. The number of amides is 1. The topological polar surface area (TPSA) is 59.6 Å². The predicted octanol–water partition coefficient (Wildman–Crippen LogP) is 4.46. The normalized spacial score (nSPS) is 13.9. The number of nitrogens with one attached hydrogen (secondary N) is 2. The number of anilines is 1. The molecule has 2 N–H and O–H groups in total. The quantitative estimate of drug-likeness (QED) is 0.757. The molecule has 1 aliphatic heterocycles. The molecule has 1 amide bonds. The van der Waals surface area contributed by atoms with Gasteiger partial charge in [0.05, 0.1) is 6.54 Å². The van der Waals surface area contributed by atoms with Crippen molar-refractivity contribution < 1.29 is 14.3 Å². The van der Waals surface area contributed by atoms with Crippen molar-refractivity contribution in [2.45, 2.75) is 39.7 Å². The molecule has 0 aromatic heterocycles. The number of ether oxygens (including phenoxy) is 2. The Bertz CT molecular complexity index is 785. The van der Waals surface area contributed by atoms with Crippen LogP contribution >= 0.6 is 0 Å². The van der Waals surface area contributed by atoms with E-state index in [1.807, 2.05) is 6.07 Å². The predicted molar refractivity (Wildman–Crippen MR) is 107 cm³/mol. The summed E-state index contributed by atoms with van der Waals surface area (Å²) < 4.78 is 10.6. The van der Waals surface area contributed by atoms with Crippen molar-refractivity contribution in [1.82, 2.24) is 5.32 Å². The number of hydrogen-bond donors (Lipinski definition) is 2. The molecule has 27 heavy (non-hydrogen) atoms. The minimum absolute atomic E-state index is 0.0849. The van der Waals surface area contributed by atoms with E-state index in [2.05, 4.69) is 62.6 Å². The SMILES string of the molecule is CC(C)c1ccc([C@@H](NCC(=O)Nc2ccc3c(c2)OCO3)C(C)C)cc1. The molecule has 0 fully saturated rings. The zero-order valence-electron chi connectivity index (χ0n) is 16.4. The average Bonchev–Trinajstić information content (AvgIpc) is 3.09. The molecule has 0 bridgehead atoms. The molecule has 0 unspecified atom stereocenters. The van der Waals surface area contributed by atoms with Gasteiger partial charge in [-0.05, 0) is 35.1 Å². The molecule has 3 rings (SSSR count). The Balaban J connectivity index is 1.59. The number of benzene rings is 2. The van der Waals surface area contributed by atoms with Gasteiger partial charge in [-0.2, -0.15) is 0 Å². The third-order valence-electron chi connectivity index (χ3n) is 4.77. The van der Waals surface area contributed by atoms with Gasteiger partial charge in [0.1, 0.15) is 0 Å². The zero-order valence-corrected chi connectivity index (χ0v) is 16.4. The molecule has 0 aliphatic carbocycles. The van der Waals surface area contributed by atoms with E-state index in [-0.39, 0.29) is 25.3 Å². The summed E-state index contributed by atoms with van der Waals surface area (Å²) in [5.41, 5.74) is 3.22. The van der Waals surface area contributed by atoms with Crippen LogP contribution in [0.3, 0.4) is 0 Å². The van der Waals surface area contributed by atoms with Gasteiger partial charge in [-0.1, -0.05) is 52.0 Å². The van der Waals surface area contributed by atoms with E-state index >= 15 is 0 Å². The van der Waals surface area contributed by atoms with Crippen molar-refractivity contribution in [3.8, 4) is 11.5 Å². The van der Waals surface area contributed by atoms with Gasteiger partial charge in [0.25, 0.3) is 0 Å². The van der Waals surface area contributed by atoms with E-state index in [4.69, 9.17) is 9.47 Å². The molecule has 1 atom stereocenters. The monoisotopic (exact) mass is 368 g/mol. The highest BCUT2D eigenvalue weighted by Gasteiger charge is 2.18. The second-order valence-electron chi connectivity index (χ2n) is 7.54. The van der Waals surface area contributed by atoms with Gasteiger partial charge in [0, 0.05) is 17.8 Å². The van der Waals surface area contributed by atoms with Crippen LogP contribution in [-0.4, -0.2) is 19.2 Å². The lowest BCUT2D eigenvalue weighted by atomic mass is 9.93. The van der Waals surface area contributed by atoms with Crippen molar-refractivity contribution >= 4 is 11.6 Å². The Hall–Kier alpha value is -2.53. The van der Waals surface area contributed by atoms with E-state index in [0.717, 1.165) is 0 Å². The summed E-state index contributed by atoms with van der Waals surface area (Å²) >= 11 is 0. The zero-order chi connectivity index (χ0) is 19.4.